The van der Waals surface area contributed by atoms with Gasteiger partial charge in [0, 0.05) is 19.0 Å². The highest BCUT2D eigenvalue weighted by Gasteiger charge is 2.14. The average Bonchev–Trinajstić information content (AvgIpc) is 2.21. The lowest BCUT2D eigenvalue weighted by molar-refractivity contribution is -0.136. The lowest BCUT2D eigenvalue weighted by atomic mass is 10.2. The maximum absolute atomic E-state index is 11.7. The highest BCUT2D eigenvalue weighted by atomic mass is 16.2. The molecule has 0 spiro atoms. The third-order valence-corrected chi connectivity index (χ3v) is 2.26. The number of rotatable bonds is 7. The standard InChI is InChI=1S/C12H24N2O2/c1-5-7-8-12(16)14(6-2)9-11(15)13-10(3)4/h10H,5-9H2,1-4H3,(H,13,15). The molecule has 4 heteroatoms. The Bertz CT molecular complexity index is 227. The van der Waals surface area contributed by atoms with Crippen LogP contribution in [0.25, 0.3) is 0 Å². The molecule has 0 aliphatic carbocycles. The minimum absolute atomic E-state index is 0.0725. The van der Waals surface area contributed by atoms with Crippen LogP contribution in [-0.2, 0) is 9.59 Å². The predicted molar refractivity (Wildman–Crippen MR) is 65.1 cm³/mol. The van der Waals surface area contributed by atoms with Crippen molar-refractivity contribution in [1.29, 1.82) is 0 Å². The van der Waals surface area contributed by atoms with Crippen molar-refractivity contribution in [3.63, 3.8) is 0 Å². The number of hydrogen-bond acceptors (Lipinski definition) is 2. The fraction of sp³-hybridized carbons (Fsp3) is 0.833. The molecule has 0 saturated heterocycles. The SMILES string of the molecule is CCCCC(=O)N(CC)CC(=O)NC(C)C. The molecule has 0 aliphatic heterocycles. The number of likely N-dealkylation sites (N-methyl/N-ethyl adjacent to an activating group) is 1. The highest BCUT2D eigenvalue weighted by molar-refractivity contribution is 5.84. The number of nitrogens with zero attached hydrogens (tertiary/aromatic N) is 1. The van der Waals surface area contributed by atoms with E-state index in [2.05, 4.69) is 12.2 Å². The van der Waals surface area contributed by atoms with Crippen molar-refractivity contribution in [2.45, 2.75) is 53.0 Å². The van der Waals surface area contributed by atoms with Gasteiger partial charge < -0.3 is 10.2 Å². The molecule has 0 heterocycles. The molecule has 0 aromatic heterocycles. The molecular formula is C12H24N2O2. The maximum atomic E-state index is 11.7. The minimum atomic E-state index is -0.0818. The number of carbonyl (C=O) groups is 2. The Morgan fingerprint density at radius 2 is 1.88 bits per heavy atom. The third kappa shape index (κ3) is 6.43. The first-order valence-corrected chi connectivity index (χ1v) is 6.08. The van der Waals surface area contributed by atoms with Crippen LogP contribution in [-0.4, -0.2) is 35.8 Å². The van der Waals surface area contributed by atoms with Crippen molar-refractivity contribution in [3.8, 4) is 0 Å². The first kappa shape index (κ1) is 14.9. The summed E-state index contributed by atoms with van der Waals surface area (Å²) in [4.78, 5) is 24.8. The van der Waals surface area contributed by atoms with E-state index in [4.69, 9.17) is 0 Å². The van der Waals surface area contributed by atoms with Crippen LogP contribution in [0.4, 0.5) is 0 Å². The molecule has 0 radical (unpaired) electrons. The lowest BCUT2D eigenvalue weighted by Crippen LogP contribution is -2.42. The molecule has 0 aliphatic rings. The van der Waals surface area contributed by atoms with Crippen LogP contribution in [0.3, 0.4) is 0 Å². The Morgan fingerprint density at radius 3 is 2.31 bits per heavy atom. The predicted octanol–water partition coefficient (Wildman–Crippen LogP) is 1.55. The third-order valence-electron chi connectivity index (χ3n) is 2.26. The van der Waals surface area contributed by atoms with Crippen LogP contribution in [0.5, 0.6) is 0 Å². The molecule has 0 bridgehead atoms. The molecule has 0 atom stereocenters. The van der Waals surface area contributed by atoms with E-state index in [1.165, 1.54) is 0 Å². The van der Waals surface area contributed by atoms with Crippen molar-refractivity contribution in [2.75, 3.05) is 13.1 Å². The summed E-state index contributed by atoms with van der Waals surface area (Å²) in [5.74, 6) is -0.00930. The summed E-state index contributed by atoms with van der Waals surface area (Å²) in [6, 6.07) is 0.122. The number of carbonyl (C=O) groups excluding carboxylic acids is 2. The zero-order valence-electron chi connectivity index (χ0n) is 10.9. The van der Waals surface area contributed by atoms with E-state index >= 15 is 0 Å². The molecule has 1 N–H and O–H groups in total. The van der Waals surface area contributed by atoms with E-state index in [1.54, 1.807) is 4.90 Å². The van der Waals surface area contributed by atoms with E-state index in [9.17, 15) is 9.59 Å². The zero-order valence-corrected chi connectivity index (χ0v) is 10.9. The second kappa shape index (κ2) is 8.13. The Morgan fingerprint density at radius 1 is 1.25 bits per heavy atom. The van der Waals surface area contributed by atoms with Gasteiger partial charge in [0.05, 0.1) is 6.54 Å². The van der Waals surface area contributed by atoms with Crippen molar-refractivity contribution in [2.24, 2.45) is 0 Å². The number of amides is 2. The summed E-state index contributed by atoms with van der Waals surface area (Å²) in [7, 11) is 0. The second-order valence-electron chi connectivity index (χ2n) is 4.23. The molecule has 94 valence electrons. The van der Waals surface area contributed by atoms with E-state index in [1.807, 2.05) is 20.8 Å². The lowest BCUT2D eigenvalue weighted by Gasteiger charge is -2.21. The van der Waals surface area contributed by atoms with Gasteiger partial charge >= 0.3 is 0 Å². The normalized spacial score (nSPS) is 10.3. The van der Waals surface area contributed by atoms with E-state index in [0.717, 1.165) is 12.8 Å². The molecular weight excluding hydrogens is 204 g/mol. The molecule has 16 heavy (non-hydrogen) atoms. The molecule has 0 aromatic carbocycles. The van der Waals surface area contributed by atoms with Gasteiger partial charge in [0.2, 0.25) is 11.8 Å². The van der Waals surface area contributed by atoms with Crippen LogP contribution in [0, 0.1) is 0 Å². The van der Waals surface area contributed by atoms with Gasteiger partial charge in [-0.2, -0.15) is 0 Å². The van der Waals surface area contributed by atoms with Crippen molar-refractivity contribution in [1.82, 2.24) is 10.2 Å². The van der Waals surface area contributed by atoms with Gasteiger partial charge in [-0.05, 0) is 27.2 Å². The molecule has 0 unspecified atom stereocenters. The van der Waals surface area contributed by atoms with Crippen LogP contribution >= 0.6 is 0 Å². The van der Waals surface area contributed by atoms with E-state index < -0.39 is 0 Å². The van der Waals surface area contributed by atoms with Gasteiger partial charge in [0.15, 0.2) is 0 Å². The minimum Gasteiger partial charge on any atom is -0.352 e. The van der Waals surface area contributed by atoms with Crippen LogP contribution in [0.2, 0.25) is 0 Å². The Kier molecular flexibility index (Phi) is 7.60. The Hall–Kier alpha value is -1.06. The van der Waals surface area contributed by atoms with E-state index in [0.29, 0.717) is 13.0 Å². The molecule has 2 amide bonds. The molecule has 0 saturated carbocycles. The topological polar surface area (TPSA) is 49.4 Å². The summed E-state index contributed by atoms with van der Waals surface area (Å²) in [6.45, 7) is 8.53. The molecule has 0 aromatic rings. The molecule has 0 fully saturated rings. The number of hydrogen-bond donors (Lipinski definition) is 1. The van der Waals surface area contributed by atoms with Gasteiger partial charge in [0.1, 0.15) is 0 Å². The number of unbranched alkanes of at least 4 members (excludes halogenated alkanes) is 1. The zero-order chi connectivity index (χ0) is 12.6. The highest BCUT2D eigenvalue weighted by Crippen LogP contribution is 2.00. The van der Waals surface area contributed by atoms with Gasteiger partial charge in [-0.25, -0.2) is 0 Å². The van der Waals surface area contributed by atoms with Crippen LogP contribution in [0.1, 0.15) is 47.0 Å². The maximum Gasteiger partial charge on any atom is 0.239 e. The van der Waals surface area contributed by atoms with Crippen molar-refractivity contribution >= 4 is 11.8 Å². The second-order valence-corrected chi connectivity index (χ2v) is 4.23. The van der Waals surface area contributed by atoms with Gasteiger partial charge in [-0.1, -0.05) is 13.3 Å². The van der Waals surface area contributed by atoms with Crippen LogP contribution in [0.15, 0.2) is 0 Å². The fourth-order valence-electron chi connectivity index (χ4n) is 1.40. The monoisotopic (exact) mass is 228 g/mol. The quantitative estimate of drug-likeness (QED) is 0.718. The summed E-state index contributed by atoms with van der Waals surface area (Å²) in [5, 5.41) is 2.79. The first-order valence-electron chi connectivity index (χ1n) is 6.08. The van der Waals surface area contributed by atoms with Gasteiger partial charge in [-0.15, -0.1) is 0 Å². The largest absolute Gasteiger partial charge is 0.352 e. The molecule has 4 nitrogen and oxygen atoms in total. The summed E-state index contributed by atoms with van der Waals surface area (Å²) >= 11 is 0. The van der Waals surface area contributed by atoms with Gasteiger partial charge in [0.25, 0.3) is 0 Å². The Balaban J connectivity index is 4.08. The first-order chi connectivity index (χ1) is 7.51. The Labute approximate surface area is 98.4 Å². The van der Waals surface area contributed by atoms with Crippen LogP contribution < -0.4 is 5.32 Å². The fourth-order valence-corrected chi connectivity index (χ4v) is 1.40. The van der Waals surface area contributed by atoms with Crippen molar-refractivity contribution < 1.29 is 9.59 Å². The average molecular weight is 228 g/mol. The summed E-state index contributed by atoms with van der Waals surface area (Å²) in [6.07, 6.45) is 2.43. The molecule has 0 rings (SSSR count). The summed E-state index contributed by atoms with van der Waals surface area (Å²) in [5.41, 5.74) is 0. The summed E-state index contributed by atoms with van der Waals surface area (Å²) < 4.78 is 0. The van der Waals surface area contributed by atoms with Gasteiger partial charge in [-0.3, -0.25) is 9.59 Å². The van der Waals surface area contributed by atoms with Crippen molar-refractivity contribution in [3.05, 3.63) is 0 Å². The smallest absolute Gasteiger partial charge is 0.239 e. The number of nitrogens with one attached hydrogen (secondary N) is 1. The van der Waals surface area contributed by atoms with E-state index in [-0.39, 0.29) is 24.4 Å².